The van der Waals surface area contributed by atoms with E-state index in [2.05, 4.69) is 5.32 Å². The Balaban J connectivity index is 0.00000208. The number of morpholine rings is 1. The fourth-order valence-corrected chi connectivity index (χ4v) is 3.56. The molecule has 0 radical (unpaired) electrons. The Morgan fingerprint density at radius 2 is 2.17 bits per heavy atom. The number of nitrogens with one attached hydrogen (secondary N) is 1. The number of halogens is 1. The second kappa shape index (κ2) is 9.37. The molecule has 1 amide bonds. The highest BCUT2D eigenvalue weighted by Crippen LogP contribution is 2.28. The molecule has 0 aromatic heterocycles. The van der Waals surface area contributed by atoms with Crippen molar-refractivity contribution in [2.75, 3.05) is 26.3 Å². The zero-order valence-electron chi connectivity index (χ0n) is 13.9. The summed E-state index contributed by atoms with van der Waals surface area (Å²) in [6, 6.07) is 9.96. The topological polar surface area (TPSA) is 61.8 Å². The third-order valence-electron chi connectivity index (χ3n) is 4.80. The second-order valence-electron chi connectivity index (χ2n) is 6.48. The van der Waals surface area contributed by atoms with Crippen LogP contribution in [0.2, 0.25) is 0 Å². The molecular formula is C18H27ClN2O3. The molecule has 2 saturated heterocycles. The van der Waals surface area contributed by atoms with E-state index in [1.54, 1.807) is 0 Å². The van der Waals surface area contributed by atoms with Gasteiger partial charge in [0.1, 0.15) is 0 Å². The van der Waals surface area contributed by atoms with Gasteiger partial charge >= 0.3 is 0 Å². The van der Waals surface area contributed by atoms with Crippen molar-refractivity contribution in [3.8, 4) is 0 Å². The number of nitrogens with zero attached hydrogens (tertiary/aromatic N) is 1. The summed E-state index contributed by atoms with van der Waals surface area (Å²) in [4.78, 5) is 14.6. The lowest BCUT2D eigenvalue weighted by atomic mass is 10.00. The Hall–Kier alpha value is -1.14. The molecule has 134 valence electrons. The molecule has 1 aromatic carbocycles. The summed E-state index contributed by atoms with van der Waals surface area (Å²) in [6.07, 6.45) is 2.59. The molecule has 1 aromatic rings. The summed E-state index contributed by atoms with van der Waals surface area (Å²) in [5, 5.41) is 13.8. The highest BCUT2D eigenvalue weighted by Gasteiger charge is 2.31. The van der Waals surface area contributed by atoms with Crippen LogP contribution in [0.3, 0.4) is 0 Å². The van der Waals surface area contributed by atoms with E-state index in [1.807, 2.05) is 35.2 Å². The zero-order chi connectivity index (χ0) is 16.1. The molecule has 3 atom stereocenters. The standard InChI is InChI=1S/C18H26N2O3.ClH/c21-17(14-5-2-1-3-6-14)12-16-7-4-9-20(16)18(22)11-15-13-23-10-8-19-15;/h1-3,5-6,15-17,19,21H,4,7-13H2;1H. The summed E-state index contributed by atoms with van der Waals surface area (Å²) in [5.41, 5.74) is 0.925. The summed E-state index contributed by atoms with van der Waals surface area (Å²) in [6.45, 7) is 2.95. The molecular weight excluding hydrogens is 328 g/mol. The monoisotopic (exact) mass is 354 g/mol. The Morgan fingerprint density at radius 3 is 2.88 bits per heavy atom. The van der Waals surface area contributed by atoms with E-state index >= 15 is 0 Å². The van der Waals surface area contributed by atoms with Crippen LogP contribution in [0, 0.1) is 0 Å². The quantitative estimate of drug-likeness (QED) is 0.847. The maximum absolute atomic E-state index is 12.6. The third kappa shape index (κ3) is 4.93. The number of likely N-dealkylation sites (tertiary alicyclic amines) is 1. The molecule has 3 rings (SSSR count). The van der Waals surface area contributed by atoms with Crippen LogP contribution in [-0.4, -0.2) is 54.3 Å². The van der Waals surface area contributed by atoms with E-state index in [-0.39, 0.29) is 30.4 Å². The van der Waals surface area contributed by atoms with Gasteiger partial charge in [-0.3, -0.25) is 4.79 Å². The van der Waals surface area contributed by atoms with Gasteiger partial charge in [-0.15, -0.1) is 12.4 Å². The molecule has 2 fully saturated rings. The number of aliphatic hydroxyl groups is 1. The van der Waals surface area contributed by atoms with Gasteiger partial charge in [-0.1, -0.05) is 30.3 Å². The predicted molar refractivity (Wildman–Crippen MR) is 95.2 cm³/mol. The van der Waals surface area contributed by atoms with Gasteiger partial charge in [-0.05, 0) is 24.8 Å². The lowest BCUT2D eigenvalue weighted by Gasteiger charge is -2.30. The SMILES string of the molecule is Cl.O=C(CC1COCCN1)N1CCCC1CC(O)c1ccccc1. The minimum absolute atomic E-state index is 0. The predicted octanol–water partition coefficient (Wildman–Crippen LogP) is 1.90. The smallest absolute Gasteiger partial charge is 0.224 e. The number of hydrogen-bond acceptors (Lipinski definition) is 4. The summed E-state index contributed by atoms with van der Waals surface area (Å²) in [7, 11) is 0. The summed E-state index contributed by atoms with van der Waals surface area (Å²) >= 11 is 0. The fourth-order valence-electron chi connectivity index (χ4n) is 3.56. The van der Waals surface area contributed by atoms with Crippen molar-refractivity contribution in [1.29, 1.82) is 0 Å². The van der Waals surface area contributed by atoms with Crippen molar-refractivity contribution < 1.29 is 14.6 Å². The Bertz CT molecular complexity index is 508. The van der Waals surface area contributed by atoms with E-state index < -0.39 is 6.10 Å². The van der Waals surface area contributed by atoms with E-state index in [4.69, 9.17) is 4.74 Å². The molecule has 6 heteroatoms. The largest absolute Gasteiger partial charge is 0.388 e. The maximum atomic E-state index is 12.6. The van der Waals surface area contributed by atoms with Crippen molar-refractivity contribution in [2.24, 2.45) is 0 Å². The van der Waals surface area contributed by atoms with E-state index in [0.717, 1.165) is 38.1 Å². The second-order valence-corrected chi connectivity index (χ2v) is 6.48. The van der Waals surface area contributed by atoms with Crippen LogP contribution in [0.5, 0.6) is 0 Å². The van der Waals surface area contributed by atoms with Gasteiger partial charge in [0.15, 0.2) is 0 Å². The summed E-state index contributed by atoms with van der Waals surface area (Å²) < 4.78 is 5.42. The van der Waals surface area contributed by atoms with Gasteiger partial charge < -0.3 is 20.1 Å². The lowest BCUT2D eigenvalue weighted by molar-refractivity contribution is -0.133. The molecule has 0 aliphatic carbocycles. The van der Waals surface area contributed by atoms with Crippen molar-refractivity contribution in [3.63, 3.8) is 0 Å². The molecule has 2 N–H and O–H groups in total. The molecule has 3 unspecified atom stereocenters. The van der Waals surface area contributed by atoms with Gasteiger partial charge in [-0.2, -0.15) is 0 Å². The van der Waals surface area contributed by atoms with E-state index in [0.29, 0.717) is 19.4 Å². The minimum Gasteiger partial charge on any atom is -0.388 e. The number of aliphatic hydroxyl groups excluding tert-OH is 1. The normalized spacial score (nSPS) is 25.1. The number of rotatable bonds is 5. The van der Waals surface area contributed by atoms with E-state index in [9.17, 15) is 9.90 Å². The van der Waals surface area contributed by atoms with Crippen LogP contribution in [-0.2, 0) is 9.53 Å². The molecule has 24 heavy (non-hydrogen) atoms. The minimum atomic E-state index is -0.509. The molecule has 0 saturated carbocycles. The number of carbonyl (C=O) groups excluding carboxylic acids is 1. The van der Waals surface area contributed by atoms with Crippen LogP contribution in [0.4, 0.5) is 0 Å². The Morgan fingerprint density at radius 1 is 1.38 bits per heavy atom. The van der Waals surface area contributed by atoms with Crippen molar-refractivity contribution >= 4 is 18.3 Å². The van der Waals surface area contributed by atoms with Gasteiger partial charge in [0.05, 0.1) is 19.3 Å². The van der Waals surface area contributed by atoms with Gasteiger partial charge in [0.2, 0.25) is 5.91 Å². The first-order chi connectivity index (χ1) is 11.2. The summed E-state index contributed by atoms with van der Waals surface area (Å²) in [5.74, 6) is 0.177. The molecule has 2 aliphatic heterocycles. The zero-order valence-corrected chi connectivity index (χ0v) is 14.7. The molecule has 0 spiro atoms. The molecule has 0 bridgehead atoms. The molecule has 2 aliphatic rings. The number of benzene rings is 1. The number of amides is 1. The van der Waals surface area contributed by atoms with Gasteiger partial charge in [0, 0.05) is 31.6 Å². The average molecular weight is 355 g/mol. The molecule has 5 nitrogen and oxygen atoms in total. The van der Waals surface area contributed by atoms with Crippen molar-refractivity contribution in [2.45, 2.75) is 43.9 Å². The first-order valence-electron chi connectivity index (χ1n) is 8.57. The van der Waals surface area contributed by atoms with E-state index in [1.165, 1.54) is 0 Å². The van der Waals surface area contributed by atoms with Crippen LogP contribution in [0.15, 0.2) is 30.3 Å². The first-order valence-corrected chi connectivity index (χ1v) is 8.57. The van der Waals surface area contributed by atoms with Crippen molar-refractivity contribution in [3.05, 3.63) is 35.9 Å². The Kier molecular flexibility index (Phi) is 7.49. The average Bonchev–Trinajstić information content (AvgIpc) is 3.05. The van der Waals surface area contributed by atoms with Crippen LogP contribution >= 0.6 is 12.4 Å². The first kappa shape index (κ1) is 19.2. The highest BCUT2D eigenvalue weighted by atomic mass is 35.5. The highest BCUT2D eigenvalue weighted by molar-refractivity contribution is 5.85. The third-order valence-corrected chi connectivity index (χ3v) is 4.80. The lowest BCUT2D eigenvalue weighted by Crippen LogP contribution is -2.46. The Labute approximate surface area is 149 Å². The van der Waals surface area contributed by atoms with Crippen LogP contribution in [0.25, 0.3) is 0 Å². The van der Waals surface area contributed by atoms with Crippen LogP contribution < -0.4 is 5.32 Å². The maximum Gasteiger partial charge on any atom is 0.224 e. The number of carbonyl (C=O) groups is 1. The molecule has 2 heterocycles. The number of hydrogen-bond donors (Lipinski definition) is 2. The van der Waals surface area contributed by atoms with Crippen molar-refractivity contribution in [1.82, 2.24) is 10.2 Å². The number of ether oxygens (including phenoxy) is 1. The van der Waals surface area contributed by atoms with Crippen LogP contribution in [0.1, 0.15) is 37.4 Å². The fraction of sp³-hybridized carbons (Fsp3) is 0.611. The van der Waals surface area contributed by atoms with Gasteiger partial charge in [-0.25, -0.2) is 0 Å². The van der Waals surface area contributed by atoms with Gasteiger partial charge in [0.25, 0.3) is 0 Å².